The van der Waals surface area contributed by atoms with Crippen molar-refractivity contribution in [3.8, 4) is 0 Å². The lowest BCUT2D eigenvalue weighted by Gasteiger charge is -2.21. The molecule has 0 aromatic rings. The van der Waals surface area contributed by atoms with Crippen LogP contribution < -0.4 is 0 Å². The van der Waals surface area contributed by atoms with E-state index in [2.05, 4.69) is 210 Å². The minimum atomic E-state index is -5.04. The van der Waals surface area contributed by atoms with Crippen LogP contribution in [-0.2, 0) is 65.4 Å². The Morgan fingerprint density at radius 1 is 0.274 bits per heavy atom. The number of allylic oxidation sites excluding steroid dienone is 38. The van der Waals surface area contributed by atoms with Gasteiger partial charge in [-0.25, -0.2) is 9.13 Å². The van der Waals surface area contributed by atoms with Gasteiger partial charge in [-0.1, -0.05) is 277 Å². The molecular formula is C87H130O17P2. The molecule has 590 valence electrons. The Bertz CT molecular complexity index is 2980. The van der Waals surface area contributed by atoms with E-state index in [9.17, 15) is 43.2 Å². The number of phosphoric acid groups is 2. The number of ether oxygens (including phenoxy) is 4. The van der Waals surface area contributed by atoms with Crippen LogP contribution in [-0.4, -0.2) is 96.7 Å². The van der Waals surface area contributed by atoms with Crippen LogP contribution in [0.25, 0.3) is 0 Å². The first-order valence-electron chi connectivity index (χ1n) is 38.3. The number of carbonyl (C=O) groups is 4. The zero-order valence-corrected chi connectivity index (χ0v) is 66.0. The van der Waals surface area contributed by atoms with Gasteiger partial charge in [0.05, 0.1) is 39.3 Å². The van der Waals surface area contributed by atoms with Crippen molar-refractivity contribution in [1.29, 1.82) is 0 Å². The number of hydrogen-bond acceptors (Lipinski definition) is 15. The van der Waals surface area contributed by atoms with E-state index in [0.29, 0.717) is 32.1 Å². The normalized spacial score (nSPS) is 15.2. The fourth-order valence-corrected chi connectivity index (χ4v) is 10.3. The predicted molar refractivity (Wildman–Crippen MR) is 435 cm³/mol. The van der Waals surface area contributed by atoms with E-state index in [1.807, 2.05) is 36.5 Å². The molecule has 19 heteroatoms. The first-order valence-corrected chi connectivity index (χ1v) is 41.3. The Hall–Kier alpha value is -7.14. The summed E-state index contributed by atoms with van der Waals surface area (Å²) < 4.78 is 68.1. The molecule has 0 aliphatic rings. The molecule has 0 rings (SSSR count). The van der Waals surface area contributed by atoms with Crippen molar-refractivity contribution in [3.63, 3.8) is 0 Å². The van der Waals surface area contributed by atoms with Crippen molar-refractivity contribution < 1.29 is 80.2 Å². The number of aliphatic hydroxyl groups excluding tert-OH is 1. The number of unbranched alkanes of at least 4 members (excludes halogenated alkanes) is 4. The molecule has 0 aromatic carbocycles. The maximum absolute atomic E-state index is 13.1. The first-order chi connectivity index (χ1) is 51.7. The highest BCUT2D eigenvalue weighted by Gasteiger charge is 2.30. The van der Waals surface area contributed by atoms with Crippen LogP contribution in [0.5, 0.6) is 0 Å². The smallest absolute Gasteiger partial charge is 0.462 e. The molecule has 106 heavy (non-hydrogen) atoms. The number of phosphoric ester groups is 2. The lowest BCUT2D eigenvalue weighted by atomic mass is 10.1. The fraction of sp³-hybridized carbons (Fsp3) is 0.494. The molecule has 0 bridgehead atoms. The molecular weight excluding hydrogens is 1380 g/mol. The highest BCUT2D eigenvalue weighted by atomic mass is 31.2. The van der Waals surface area contributed by atoms with Crippen molar-refractivity contribution in [2.75, 3.05) is 39.6 Å². The second-order valence-corrected chi connectivity index (χ2v) is 27.0. The van der Waals surface area contributed by atoms with Gasteiger partial charge in [-0.15, -0.1) is 0 Å². The van der Waals surface area contributed by atoms with Crippen LogP contribution in [0.15, 0.2) is 243 Å². The van der Waals surface area contributed by atoms with Gasteiger partial charge in [-0.3, -0.25) is 37.3 Å². The number of hydrogen-bond donors (Lipinski definition) is 3. The number of aliphatic hydroxyl groups is 1. The molecule has 5 atom stereocenters. The molecule has 0 radical (unpaired) electrons. The molecule has 0 heterocycles. The first kappa shape index (κ1) is 98.9. The molecule has 17 nitrogen and oxygen atoms in total. The van der Waals surface area contributed by atoms with Gasteiger partial charge in [0.1, 0.15) is 19.3 Å². The SMILES string of the molecule is CC/C=C\C/C=C\C/C=C\C/C=C\C/C=C\CCCCCC(=O)OCC(COP(=O)(O)OCC(O)COP(=O)(O)OCC(COC(=O)CCC/C=C\C/C=C\C/C=C\C/C=C\C/C=C\CC)OC(=O)C/C=C\C/C=C\C/C=C\C/C=C\C/C=C\CC)OC(=O)C/C=C\C/C=C\C/C=C\C/C=C\C/C=C\CC. The minimum absolute atomic E-state index is 0.0494. The Kier molecular flexibility index (Phi) is 70.9. The predicted octanol–water partition coefficient (Wildman–Crippen LogP) is 22.4. The van der Waals surface area contributed by atoms with Crippen LogP contribution in [0.2, 0.25) is 0 Å². The molecule has 0 aliphatic carbocycles. The summed E-state index contributed by atoms with van der Waals surface area (Å²) in [4.78, 5) is 72.8. The van der Waals surface area contributed by atoms with Gasteiger partial charge >= 0.3 is 39.5 Å². The van der Waals surface area contributed by atoms with Gasteiger partial charge < -0.3 is 33.8 Å². The number of carbonyl (C=O) groups excluding carboxylic acids is 4. The zero-order chi connectivity index (χ0) is 77.4. The highest BCUT2D eigenvalue weighted by Crippen LogP contribution is 2.45. The van der Waals surface area contributed by atoms with Crippen LogP contribution in [0.4, 0.5) is 0 Å². The lowest BCUT2D eigenvalue weighted by Crippen LogP contribution is -2.30. The lowest BCUT2D eigenvalue weighted by molar-refractivity contribution is -0.160. The topological polar surface area (TPSA) is 237 Å². The molecule has 3 N–H and O–H groups in total. The molecule has 5 unspecified atom stereocenters. The van der Waals surface area contributed by atoms with Gasteiger partial charge in [-0.05, 0) is 161 Å². The summed E-state index contributed by atoms with van der Waals surface area (Å²) in [6.45, 7) is 4.00. The van der Waals surface area contributed by atoms with E-state index in [1.165, 1.54) is 0 Å². The van der Waals surface area contributed by atoms with Crippen molar-refractivity contribution in [1.82, 2.24) is 0 Å². The third-order valence-corrected chi connectivity index (χ3v) is 16.3. The summed E-state index contributed by atoms with van der Waals surface area (Å²) in [5.41, 5.74) is 0. The summed E-state index contributed by atoms with van der Waals surface area (Å²) in [6.07, 6.45) is 99.4. The Morgan fingerprint density at radius 2 is 0.500 bits per heavy atom. The Morgan fingerprint density at radius 3 is 0.774 bits per heavy atom. The summed E-state index contributed by atoms with van der Waals surface area (Å²) >= 11 is 0. The van der Waals surface area contributed by atoms with Gasteiger partial charge in [0.2, 0.25) is 0 Å². The Balaban J connectivity index is 5.61. The molecule has 0 saturated heterocycles. The van der Waals surface area contributed by atoms with Gasteiger partial charge in [0.25, 0.3) is 0 Å². The molecule has 0 aliphatic heterocycles. The summed E-state index contributed by atoms with van der Waals surface area (Å²) in [7, 11) is -10.1. The molecule has 0 fully saturated rings. The zero-order valence-electron chi connectivity index (χ0n) is 64.2. The maximum atomic E-state index is 13.1. The van der Waals surface area contributed by atoms with E-state index in [0.717, 1.165) is 135 Å². The standard InChI is InChI=1S/C87H130O17P2/c1-5-9-13-17-21-25-29-33-37-39-40-42-46-48-52-56-60-64-68-72-85(90)98-78-83(104-87(92)74-70-66-62-58-54-50-44-36-32-28-24-20-16-12-8-4)80-102-106(95,96)100-76-81(88)75-99-105(93,94)101-79-82(103-86(91)73-69-65-61-57-53-49-43-35-31-27-23-19-15-11-7-3)77-97-84(89)71-67-63-59-55-51-47-45-41-38-34-30-26-22-18-14-10-6-2/h9-16,21-28,33-38,40,42-45,47-48,52-55,57-59,65-66,69-70,81-83,88H,5-8,17-20,29-32,39,41,46,49-51,56,60-64,67-68,71-80H2,1-4H3,(H,93,94)(H,95,96)/b13-9-,14-10-,15-11-,16-12-,25-21-,26-22-,27-23-,28-24-,37-33-,38-34-,42-40-,43-35-,44-36-,47-45-,52-48-,57-53-,58-54-,59-55-,69-65-,70-66-. The van der Waals surface area contributed by atoms with Gasteiger partial charge in [0, 0.05) is 12.8 Å². The molecule has 0 aromatic heterocycles. The second kappa shape index (κ2) is 76.1. The monoisotopic (exact) mass is 1510 g/mol. The second-order valence-electron chi connectivity index (χ2n) is 24.1. The number of rotatable bonds is 68. The van der Waals surface area contributed by atoms with Crippen LogP contribution in [0.1, 0.15) is 220 Å². The van der Waals surface area contributed by atoms with E-state index < -0.39 is 97.5 Å². The summed E-state index contributed by atoms with van der Waals surface area (Å²) in [6, 6.07) is 0. The van der Waals surface area contributed by atoms with E-state index in [-0.39, 0.29) is 25.7 Å². The van der Waals surface area contributed by atoms with E-state index in [4.69, 9.17) is 37.0 Å². The average Bonchev–Trinajstić information content (AvgIpc) is 0.909. The maximum Gasteiger partial charge on any atom is 0.472 e. The van der Waals surface area contributed by atoms with Gasteiger partial charge in [0.15, 0.2) is 12.2 Å². The van der Waals surface area contributed by atoms with Crippen molar-refractivity contribution >= 4 is 39.5 Å². The quantitative estimate of drug-likeness (QED) is 0.0169. The minimum Gasteiger partial charge on any atom is -0.462 e. The number of esters is 4. The summed E-state index contributed by atoms with van der Waals surface area (Å²) in [5, 5.41) is 10.6. The fourth-order valence-electron chi connectivity index (χ4n) is 8.72. The third kappa shape index (κ3) is 75.1. The van der Waals surface area contributed by atoms with Crippen molar-refractivity contribution in [2.45, 2.75) is 239 Å². The molecule has 0 amide bonds. The molecule has 0 saturated carbocycles. The molecule has 0 spiro atoms. The van der Waals surface area contributed by atoms with E-state index >= 15 is 0 Å². The third-order valence-electron chi connectivity index (χ3n) is 14.4. The van der Waals surface area contributed by atoms with Gasteiger partial charge in [-0.2, -0.15) is 0 Å². The highest BCUT2D eigenvalue weighted by molar-refractivity contribution is 7.47. The van der Waals surface area contributed by atoms with Crippen LogP contribution in [0, 0.1) is 0 Å². The Labute approximate surface area is 637 Å². The van der Waals surface area contributed by atoms with Crippen molar-refractivity contribution in [2.24, 2.45) is 0 Å². The van der Waals surface area contributed by atoms with Crippen LogP contribution in [0.3, 0.4) is 0 Å². The van der Waals surface area contributed by atoms with Crippen LogP contribution >= 0.6 is 15.6 Å². The summed E-state index contributed by atoms with van der Waals surface area (Å²) in [5.74, 6) is -2.62. The average molecular weight is 1510 g/mol. The van der Waals surface area contributed by atoms with Crippen molar-refractivity contribution in [3.05, 3.63) is 243 Å². The largest absolute Gasteiger partial charge is 0.472 e. The van der Waals surface area contributed by atoms with E-state index in [1.54, 1.807) is 24.3 Å².